The lowest BCUT2D eigenvalue weighted by Gasteiger charge is -2.33. The van der Waals surface area contributed by atoms with Crippen LogP contribution in [0.1, 0.15) is 31.2 Å². The minimum Gasteiger partial charge on any atom is -0.356 e. The minimum absolute atomic E-state index is 0.0658. The van der Waals surface area contributed by atoms with Crippen LogP contribution in [0, 0.1) is 33.3 Å². The van der Waals surface area contributed by atoms with Crippen molar-refractivity contribution < 1.29 is 9.72 Å². The van der Waals surface area contributed by atoms with Gasteiger partial charge in [-0.3, -0.25) is 14.9 Å². The third-order valence-corrected chi connectivity index (χ3v) is 5.49. The van der Waals surface area contributed by atoms with Crippen molar-refractivity contribution in [2.75, 3.05) is 24.5 Å². The summed E-state index contributed by atoms with van der Waals surface area (Å²) >= 11 is 0. The summed E-state index contributed by atoms with van der Waals surface area (Å²) in [7, 11) is 0. The molecule has 1 saturated carbocycles. The van der Waals surface area contributed by atoms with Gasteiger partial charge in [0.05, 0.1) is 28.0 Å². The number of rotatable bonds is 5. The molecule has 1 aliphatic carbocycles. The number of carbonyl (C=O) groups excluding carboxylic acids is 1. The van der Waals surface area contributed by atoms with Crippen molar-refractivity contribution in [3.8, 4) is 6.07 Å². The third-order valence-electron chi connectivity index (χ3n) is 5.49. The molecule has 1 N–H and O–H groups in total. The first-order chi connectivity index (χ1) is 13.5. The van der Waals surface area contributed by atoms with Gasteiger partial charge in [-0.25, -0.2) is 4.98 Å². The van der Waals surface area contributed by atoms with E-state index in [4.69, 9.17) is 0 Å². The van der Waals surface area contributed by atoms with Crippen LogP contribution in [0.5, 0.6) is 0 Å². The molecule has 4 rings (SSSR count). The molecule has 0 bridgehead atoms. The smallest absolute Gasteiger partial charge is 0.270 e. The van der Waals surface area contributed by atoms with Crippen molar-refractivity contribution in [1.29, 1.82) is 5.26 Å². The van der Waals surface area contributed by atoms with Gasteiger partial charge in [-0.05, 0) is 43.7 Å². The summed E-state index contributed by atoms with van der Waals surface area (Å²) in [6.45, 7) is 2.09. The van der Waals surface area contributed by atoms with Gasteiger partial charge in [0.25, 0.3) is 5.69 Å². The van der Waals surface area contributed by atoms with Crippen LogP contribution in [0.3, 0.4) is 0 Å². The van der Waals surface area contributed by atoms with E-state index in [1.54, 1.807) is 12.1 Å². The molecule has 28 heavy (non-hydrogen) atoms. The molecule has 2 heterocycles. The number of non-ortho nitro benzene ring substituents is 1. The van der Waals surface area contributed by atoms with Crippen LogP contribution in [0.25, 0.3) is 10.9 Å². The Morgan fingerprint density at radius 2 is 2.18 bits per heavy atom. The monoisotopic (exact) mass is 379 g/mol. The number of nitro groups is 1. The molecule has 1 aromatic heterocycles. The van der Waals surface area contributed by atoms with Crippen molar-refractivity contribution in [3.63, 3.8) is 0 Å². The van der Waals surface area contributed by atoms with Gasteiger partial charge in [0.2, 0.25) is 5.91 Å². The number of nitro benzene ring substituents is 1. The maximum atomic E-state index is 12.5. The minimum atomic E-state index is -0.482. The molecule has 0 spiro atoms. The zero-order valence-corrected chi connectivity index (χ0v) is 15.4. The normalized spacial score (nSPS) is 19.2. The van der Waals surface area contributed by atoms with Crippen molar-refractivity contribution >= 4 is 28.3 Å². The molecule has 2 aliphatic rings. The zero-order valence-electron chi connectivity index (χ0n) is 15.4. The molecule has 144 valence electrons. The van der Waals surface area contributed by atoms with Crippen molar-refractivity contribution in [1.82, 2.24) is 10.3 Å². The molecule has 8 nitrogen and oxygen atoms in total. The Bertz CT molecular complexity index is 980. The second-order valence-corrected chi connectivity index (χ2v) is 7.57. The van der Waals surface area contributed by atoms with Crippen molar-refractivity contribution in [2.24, 2.45) is 11.8 Å². The van der Waals surface area contributed by atoms with Gasteiger partial charge in [-0.1, -0.05) is 0 Å². The van der Waals surface area contributed by atoms with Crippen LogP contribution >= 0.6 is 0 Å². The Morgan fingerprint density at radius 1 is 1.36 bits per heavy atom. The van der Waals surface area contributed by atoms with E-state index < -0.39 is 4.92 Å². The summed E-state index contributed by atoms with van der Waals surface area (Å²) in [6.07, 6.45) is 4.13. The van der Waals surface area contributed by atoms with Crippen molar-refractivity contribution in [2.45, 2.75) is 25.7 Å². The van der Waals surface area contributed by atoms with Gasteiger partial charge < -0.3 is 10.2 Å². The first-order valence-corrected chi connectivity index (χ1v) is 9.57. The van der Waals surface area contributed by atoms with E-state index in [1.165, 1.54) is 25.0 Å². The molecule has 8 heteroatoms. The number of anilines is 1. The van der Waals surface area contributed by atoms with E-state index in [2.05, 4.69) is 16.4 Å². The lowest BCUT2D eigenvalue weighted by molar-refractivity contribution is -0.384. The summed E-state index contributed by atoms with van der Waals surface area (Å²) in [4.78, 5) is 29.6. The van der Waals surface area contributed by atoms with Crippen LogP contribution in [-0.4, -0.2) is 35.4 Å². The number of aromatic nitrogens is 1. The topological polar surface area (TPSA) is 112 Å². The first kappa shape index (κ1) is 18.2. The zero-order chi connectivity index (χ0) is 19.7. The molecule has 0 radical (unpaired) electrons. The number of nitrogens with zero attached hydrogens (tertiary/aromatic N) is 4. The van der Waals surface area contributed by atoms with Gasteiger partial charge in [-0.15, -0.1) is 0 Å². The summed E-state index contributed by atoms with van der Waals surface area (Å²) < 4.78 is 0. The Balaban J connectivity index is 1.57. The fourth-order valence-corrected chi connectivity index (χ4v) is 3.68. The van der Waals surface area contributed by atoms with E-state index in [0.717, 1.165) is 25.9 Å². The molecular weight excluding hydrogens is 358 g/mol. The number of fused-ring (bicyclic) bond motifs is 1. The highest BCUT2D eigenvalue weighted by molar-refractivity contribution is 5.88. The maximum Gasteiger partial charge on any atom is 0.270 e. The molecule has 1 saturated heterocycles. The predicted molar refractivity (Wildman–Crippen MR) is 104 cm³/mol. The quantitative estimate of drug-likeness (QED) is 0.631. The second kappa shape index (κ2) is 7.43. The molecule has 1 atom stereocenters. The molecular formula is C20H21N5O3. The number of piperidine rings is 1. The SMILES string of the molecule is N#Cc1cc(N2CCCC(C(=O)NCC3CC3)C2)nc2ccc([N+](=O)[O-])cc12. The average Bonchev–Trinajstić information content (AvgIpc) is 3.55. The molecule has 1 amide bonds. The summed E-state index contributed by atoms with van der Waals surface area (Å²) in [5.74, 6) is 1.28. The Labute approximate surface area is 162 Å². The molecule has 1 aliphatic heterocycles. The van der Waals surface area contributed by atoms with E-state index in [-0.39, 0.29) is 17.5 Å². The Kier molecular flexibility index (Phi) is 4.82. The number of hydrogen-bond acceptors (Lipinski definition) is 6. The first-order valence-electron chi connectivity index (χ1n) is 9.57. The van der Waals surface area contributed by atoms with Gasteiger partial charge in [0.1, 0.15) is 5.82 Å². The Hall–Kier alpha value is -3.21. The number of hydrogen-bond donors (Lipinski definition) is 1. The van der Waals surface area contributed by atoms with E-state index >= 15 is 0 Å². The fraction of sp³-hybridized carbons (Fsp3) is 0.450. The number of carbonyl (C=O) groups is 1. The van der Waals surface area contributed by atoms with Gasteiger partial charge in [-0.2, -0.15) is 5.26 Å². The second-order valence-electron chi connectivity index (χ2n) is 7.57. The van der Waals surface area contributed by atoms with Crippen LogP contribution in [0.15, 0.2) is 24.3 Å². The molecule has 1 aromatic carbocycles. The number of amides is 1. The van der Waals surface area contributed by atoms with Crippen LogP contribution in [-0.2, 0) is 4.79 Å². The van der Waals surface area contributed by atoms with E-state index in [9.17, 15) is 20.2 Å². The van der Waals surface area contributed by atoms with E-state index in [0.29, 0.717) is 34.7 Å². The average molecular weight is 379 g/mol. The lowest BCUT2D eigenvalue weighted by atomic mass is 9.96. The third kappa shape index (κ3) is 3.74. The maximum absolute atomic E-state index is 12.5. The number of nitriles is 1. The highest BCUT2D eigenvalue weighted by atomic mass is 16.6. The van der Waals surface area contributed by atoms with Crippen molar-refractivity contribution in [3.05, 3.63) is 39.9 Å². The highest BCUT2D eigenvalue weighted by Gasteiger charge is 2.29. The summed E-state index contributed by atoms with van der Waals surface area (Å²) in [6, 6.07) is 8.13. The Morgan fingerprint density at radius 3 is 2.89 bits per heavy atom. The standard InChI is InChI=1S/C20H21N5O3/c21-10-15-8-19(23-18-6-5-16(25(27)28)9-17(15)18)24-7-1-2-14(12-24)20(26)22-11-13-3-4-13/h5-6,8-9,13-14H,1-4,7,11-12H2,(H,22,26). The largest absolute Gasteiger partial charge is 0.356 e. The molecule has 2 aromatic rings. The number of pyridine rings is 1. The van der Waals surface area contributed by atoms with Crippen LogP contribution in [0.2, 0.25) is 0 Å². The fourth-order valence-electron chi connectivity index (χ4n) is 3.68. The van der Waals surface area contributed by atoms with Gasteiger partial charge in [0, 0.05) is 37.2 Å². The van der Waals surface area contributed by atoms with Gasteiger partial charge >= 0.3 is 0 Å². The summed E-state index contributed by atoms with van der Waals surface area (Å²) in [5, 5.41) is 24.1. The van der Waals surface area contributed by atoms with Crippen LogP contribution in [0.4, 0.5) is 11.5 Å². The lowest BCUT2D eigenvalue weighted by Crippen LogP contribution is -2.43. The van der Waals surface area contributed by atoms with E-state index in [1.807, 2.05) is 4.90 Å². The van der Waals surface area contributed by atoms with Gasteiger partial charge in [0.15, 0.2) is 0 Å². The molecule has 2 fully saturated rings. The number of nitrogens with one attached hydrogen (secondary N) is 1. The predicted octanol–water partition coefficient (Wildman–Crippen LogP) is 2.76. The van der Waals surface area contributed by atoms with Crippen LogP contribution < -0.4 is 10.2 Å². The number of benzene rings is 1. The molecule has 1 unspecified atom stereocenters. The summed E-state index contributed by atoms with van der Waals surface area (Å²) in [5.41, 5.74) is 0.827. The highest BCUT2D eigenvalue weighted by Crippen LogP contribution is 2.30.